The van der Waals surface area contributed by atoms with Crippen LogP contribution in [0.25, 0.3) is 0 Å². The lowest BCUT2D eigenvalue weighted by Crippen LogP contribution is -1.99. The summed E-state index contributed by atoms with van der Waals surface area (Å²) in [6, 6.07) is 5.72. The van der Waals surface area contributed by atoms with E-state index >= 15 is 0 Å². The highest BCUT2D eigenvalue weighted by Crippen LogP contribution is 2.30. The van der Waals surface area contributed by atoms with Gasteiger partial charge in [0.05, 0.1) is 11.1 Å². The number of anilines is 1. The number of nitrogen functional groups attached to an aromatic ring is 1. The Morgan fingerprint density at radius 1 is 1.12 bits per heavy atom. The fourth-order valence-electron chi connectivity index (χ4n) is 1.70. The van der Waals surface area contributed by atoms with Gasteiger partial charge in [-0.15, -0.1) is 0 Å². The van der Waals surface area contributed by atoms with Crippen LogP contribution in [-0.4, -0.2) is 6.61 Å². The molecule has 2 N–H and O–H groups in total. The molecule has 0 aliphatic heterocycles. The van der Waals surface area contributed by atoms with E-state index in [9.17, 15) is 0 Å². The van der Waals surface area contributed by atoms with E-state index in [0.29, 0.717) is 0 Å². The monoisotopic (exact) mass is 299 g/mol. The zero-order chi connectivity index (χ0) is 12.5. The summed E-state index contributed by atoms with van der Waals surface area (Å²) in [5.74, 6) is 0.846. The molecule has 0 saturated carbocycles. The Kier molecular flexibility index (Phi) is 7.10. The van der Waals surface area contributed by atoms with Gasteiger partial charge < -0.3 is 10.5 Å². The molecule has 0 bridgehead atoms. The van der Waals surface area contributed by atoms with Crippen molar-refractivity contribution in [1.82, 2.24) is 0 Å². The molecule has 0 amide bonds. The molecule has 0 saturated heterocycles. The van der Waals surface area contributed by atoms with Crippen LogP contribution in [0.2, 0.25) is 0 Å². The van der Waals surface area contributed by atoms with E-state index < -0.39 is 0 Å². The van der Waals surface area contributed by atoms with Gasteiger partial charge in [0.2, 0.25) is 0 Å². The third kappa shape index (κ3) is 5.44. The second-order valence-corrected chi connectivity index (χ2v) is 5.07. The minimum atomic E-state index is 0.727. The van der Waals surface area contributed by atoms with Crippen LogP contribution in [0, 0.1) is 0 Å². The molecule has 1 aromatic carbocycles. The summed E-state index contributed by atoms with van der Waals surface area (Å²) < 4.78 is 6.56. The van der Waals surface area contributed by atoms with Crippen LogP contribution in [0.15, 0.2) is 22.7 Å². The minimum absolute atomic E-state index is 0.727. The van der Waals surface area contributed by atoms with Crippen molar-refractivity contribution in [3.05, 3.63) is 22.7 Å². The average molecular weight is 300 g/mol. The molecule has 3 heteroatoms. The van der Waals surface area contributed by atoms with Crippen LogP contribution in [0.5, 0.6) is 5.75 Å². The lowest BCUT2D eigenvalue weighted by molar-refractivity contribution is 0.303. The van der Waals surface area contributed by atoms with E-state index in [0.717, 1.165) is 28.9 Å². The fourth-order valence-corrected chi connectivity index (χ4v) is 2.08. The van der Waals surface area contributed by atoms with Crippen molar-refractivity contribution in [2.75, 3.05) is 12.3 Å². The number of halogens is 1. The first-order chi connectivity index (χ1) is 8.25. The highest BCUT2D eigenvalue weighted by Gasteiger charge is 2.03. The lowest BCUT2D eigenvalue weighted by Gasteiger charge is -2.09. The van der Waals surface area contributed by atoms with Crippen molar-refractivity contribution in [1.29, 1.82) is 0 Å². The molecule has 96 valence electrons. The molecule has 0 aliphatic carbocycles. The van der Waals surface area contributed by atoms with Crippen LogP contribution in [0.1, 0.15) is 45.4 Å². The molecular formula is C14H22BrNO. The summed E-state index contributed by atoms with van der Waals surface area (Å²) in [6.07, 6.45) is 7.67. The van der Waals surface area contributed by atoms with Gasteiger partial charge in [0, 0.05) is 5.69 Å². The quantitative estimate of drug-likeness (QED) is 0.554. The van der Waals surface area contributed by atoms with Gasteiger partial charge in [0.1, 0.15) is 5.75 Å². The molecule has 17 heavy (non-hydrogen) atoms. The minimum Gasteiger partial charge on any atom is -0.492 e. The van der Waals surface area contributed by atoms with Crippen LogP contribution in [-0.2, 0) is 0 Å². The zero-order valence-electron chi connectivity index (χ0n) is 10.5. The first-order valence-electron chi connectivity index (χ1n) is 6.42. The molecule has 0 heterocycles. The third-order valence-corrected chi connectivity index (χ3v) is 3.60. The van der Waals surface area contributed by atoms with Gasteiger partial charge in [-0.2, -0.15) is 0 Å². The number of hydrogen-bond donors (Lipinski definition) is 1. The average Bonchev–Trinajstić information content (AvgIpc) is 2.33. The number of rotatable bonds is 8. The molecule has 0 fully saturated rings. The maximum absolute atomic E-state index is 5.78. The summed E-state index contributed by atoms with van der Waals surface area (Å²) in [5.41, 5.74) is 6.51. The van der Waals surface area contributed by atoms with Crippen molar-refractivity contribution in [2.24, 2.45) is 0 Å². The van der Waals surface area contributed by atoms with E-state index in [2.05, 4.69) is 22.9 Å². The number of benzene rings is 1. The van der Waals surface area contributed by atoms with Crippen molar-refractivity contribution >= 4 is 21.6 Å². The van der Waals surface area contributed by atoms with E-state index in [4.69, 9.17) is 10.5 Å². The van der Waals surface area contributed by atoms with E-state index in [-0.39, 0.29) is 0 Å². The SMILES string of the molecule is CCCCCCCCOc1cccc(N)c1Br. The van der Waals surface area contributed by atoms with Crippen LogP contribution >= 0.6 is 15.9 Å². The van der Waals surface area contributed by atoms with E-state index in [1.807, 2.05) is 18.2 Å². The van der Waals surface area contributed by atoms with Gasteiger partial charge in [0.15, 0.2) is 0 Å². The Morgan fingerprint density at radius 2 is 1.82 bits per heavy atom. The van der Waals surface area contributed by atoms with Crippen LogP contribution in [0.3, 0.4) is 0 Å². The van der Waals surface area contributed by atoms with Crippen molar-refractivity contribution in [2.45, 2.75) is 45.4 Å². The highest BCUT2D eigenvalue weighted by atomic mass is 79.9. The zero-order valence-corrected chi connectivity index (χ0v) is 12.1. The maximum atomic E-state index is 5.78. The van der Waals surface area contributed by atoms with Crippen LogP contribution in [0.4, 0.5) is 5.69 Å². The lowest BCUT2D eigenvalue weighted by atomic mass is 10.1. The Hall–Kier alpha value is -0.700. The summed E-state index contributed by atoms with van der Waals surface area (Å²) in [4.78, 5) is 0. The molecule has 2 nitrogen and oxygen atoms in total. The first kappa shape index (κ1) is 14.4. The van der Waals surface area contributed by atoms with Gasteiger partial charge >= 0.3 is 0 Å². The Balaban J connectivity index is 2.16. The van der Waals surface area contributed by atoms with Gasteiger partial charge in [-0.05, 0) is 34.5 Å². The smallest absolute Gasteiger partial charge is 0.135 e. The molecule has 0 spiro atoms. The molecule has 0 radical (unpaired) electrons. The first-order valence-corrected chi connectivity index (χ1v) is 7.21. The number of unbranched alkanes of at least 4 members (excludes halogenated alkanes) is 5. The fraction of sp³-hybridized carbons (Fsp3) is 0.571. The summed E-state index contributed by atoms with van der Waals surface area (Å²) in [6.45, 7) is 3.01. The van der Waals surface area contributed by atoms with E-state index in [1.54, 1.807) is 0 Å². The predicted octanol–water partition coefficient (Wildman–Crippen LogP) is 4.77. The largest absolute Gasteiger partial charge is 0.492 e. The van der Waals surface area contributed by atoms with Crippen molar-refractivity contribution < 1.29 is 4.74 Å². The second kappa shape index (κ2) is 8.40. The molecule has 0 aliphatic rings. The van der Waals surface area contributed by atoms with Gasteiger partial charge in [0.25, 0.3) is 0 Å². The summed E-state index contributed by atoms with van der Waals surface area (Å²) >= 11 is 3.43. The van der Waals surface area contributed by atoms with Crippen molar-refractivity contribution in [3.8, 4) is 5.75 Å². The Labute approximate surface area is 113 Å². The highest BCUT2D eigenvalue weighted by molar-refractivity contribution is 9.10. The molecule has 0 aromatic heterocycles. The molecule has 1 aromatic rings. The molecule has 0 unspecified atom stereocenters. The maximum Gasteiger partial charge on any atom is 0.135 e. The van der Waals surface area contributed by atoms with Gasteiger partial charge in [-0.1, -0.05) is 45.1 Å². The van der Waals surface area contributed by atoms with Gasteiger partial charge in [-0.3, -0.25) is 0 Å². The Bertz CT molecular complexity index is 328. The second-order valence-electron chi connectivity index (χ2n) is 4.28. The number of hydrogen-bond acceptors (Lipinski definition) is 2. The standard InChI is InChI=1S/C14H22BrNO/c1-2-3-4-5-6-7-11-17-13-10-8-9-12(16)14(13)15/h8-10H,2-7,11,16H2,1H3. The topological polar surface area (TPSA) is 35.2 Å². The molecule has 0 atom stereocenters. The Morgan fingerprint density at radius 3 is 2.59 bits per heavy atom. The van der Waals surface area contributed by atoms with Crippen molar-refractivity contribution in [3.63, 3.8) is 0 Å². The predicted molar refractivity (Wildman–Crippen MR) is 77.4 cm³/mol. The van der Waals surface area contributed by atoms with E-state index in [1.165, 1.54) is 32.1 Å². The number of nitrogens with two attached hydrogens (primary N) is 1. The third-order valence-electron chi connectivity index (χ3n) is 2.75. The molecular weight excluding hydrogens is 278 g/mol. The van der Waals surface area contributed by atoms with Gasteiger partial charge in [-0.25, -0.2) is 0 Å². The molecule has 1 rings (SSSR count). The van der Waals surface area contributed by atoms with Crippen LogP contribution < -0.4 is 10.5 Å². The number of ether oxygens (including phenoxy) is 1. The summed E-state index contributed by atoms with van der Waals surface area (Å²) in [5, 5.41) is 0. The normalized spacial score (nSPS) is 10.5. The summed E-state index contributed by atoms with van der Waals surface area (Å²) in [7, 11) is 0.